The van der Waals surface area contributed by atoms with Gasteiger partial charge in [0.15, 0.2) is 0 Å². The molecule has 1 nitrogen and oxygen atoms in total. The maximum Gasteiger partial charge on any atom is 0.142 e. The van der Waals surface area contributed by atoms with Crippen LogP contribution in [0, 0.1) is 5.82 Å². The lowest BCUT2D eigenvalue weighted by Crippen LogP contribution is -2.17. The van der Waals surface area contributed by atoms with Crippen LogP contribution >= 0.6 is 23.4 Å². The summed E-state index contributed by atoms with van der Waals surface area (Å²) in [5, 5.41) is 0.172. The van der Waals surface area contributed by atoms with Crippen LogP contribution in [-0.4, -0.2) is 11.8 Å². The van der Waals surface area contributed by atoms with Crippen molar-refractivity contribution in [1.29, 1.82) is 0 Å². The number of hydrogen-bond donors (Lipinski definition) is 1. The summed E-state index contributed by atoms with van der Waals surface area (Å²) in [6, 6.07) is 5.06. The Morgan fingerprint density at radius 1 is 1.57 bits per heavy atom. The van der Waals surface area contributed by atoms with Crippen molar-refractivity contribution in [2.45, 2.75) is 18.7 Å². The van der Waals surface area contributed by atoms with Gasteiger partial charge in [0.2, 0.25) is 0 Å². The Bertz CT molecular complexity index is 304. The summed E-state index contributed by atoms with van der Waals surface area (Å²) in [7, 11) is 0. The zero-order valence-electron chi connectivity index (χ0n) is 7.97. The molecule has 0 fully saturated rings. The van der Waals surface area contributed by atoms with Gasteiger partial charge in [-0.05, 0) is 24.6 Å². The topological polar surface area (TPSA) is 26.0 Å². The van der Waals surface area contributed by atoms with Crippen LogP contribution in [-0.2, 0) is 5.75 Å². The smallest absolute Gasteiger partial charge is 0.142 e. The van der Waals surface area contributed by atoms with Crippen LogP contribution in [0.15, 0.2) is 18.2 Å². The van der Waals surface area contributed by atoms with Gasteiger partial charge in [0.25, 0.3) is 0 Å². The number of halogens is 2. The van der Waals surface area contributed by atoms with E-state index < -0.39 is 0 Å². The predicted molar refractivity (Wildman–Crippen MR) is 61.2 cm³/mol. The van der Waals surface area contributed by atoms with E-state index in [1.165, 1.54) is 6.07 Å². The molecule has 78 valence electrons. The number of thioether (sulfide) groups is 1. The second-order valence-electron chi connectivity index (χ2n) is 3.24. The van der Waals surface area contributed by atoms with E-state index in [9.17, 15) is 4.39 Å². The molecule has 0 amide bonds. The first kappa shape index (κ1) is 11.8. The van der Waals surface area contributed by atoms with E-state index in [0.717, 1.165) is 17.1 Å². The van der Waals surface area contributed by atoms with E-state index in [1.807, 2.05) is 13.0 Å². The number of benzene rings is 1. The van der Waals surface area contributed by atoms with Crippen molar-refractivity contribution in [3.05, 3.63) is 34.6 Å². The summed E-state index contributed by atoms with van der Waals surface area (Å²) in [6.45, 7) is 1.95. The van der Waals surface area contributed by atoms with Crippen LogP contribution in [0.25, 0.3) is 0 Å². The van der Waals surface area contributed by atoms with Crippen molar-refractivity contribution in [3.63, 3.8) is 0 Å². The zero-order valence-corrected chi connectivity index (χ0v) is 9.54. The van der Waals surface area contributed by atoms with Crippen molar-refractivity contribution in [2.75, 3.05) is 5.75 Å². The van der Waals surface area contributed by atoms with Gasteiger partial charge in [0.05, 0.1) is 5.02 Å². The van der Waals surface area contributed by atoms with Crippen molar-refractivity contribution in [2.24, 2.45) is 5.73 Å². The second-order valence-corrected chi connectivity index (χ2v) is 4.68. The van der Waals surface area contributed by atoms with Gasteiger partial charge in [-0.1, -0.05) is 17.7 Å². The van der Waals surface area contributed by atoms with Crippen LogP contribution in [0.3, 0.4) is 0 Å². The summed E-state index contributed by atoms with van der Waals surface area (Å²) in [5.74, 6) is 1.30. The van der Waals surface area contributed by atoms with Gasteiger partial charge in [-0.15, -0.1) is 0 Å². The molecule has 0 radical (unpaired) electrons. The first-order valence-corrected chi connectivity index (χ1v) is 5.90. The van der Waals surface area contributed by atoms with E-state index in [2.05, 4.69) is 0 Å². The fourth-order valence-electron chi connectivity index (χ4n) is 0.992. The van der Waals surface area contributed by atoms with E-state index >= 15 is 0 Å². The van der Waals surface area contributed by atoms with Crippen molar-refractivity contribution in [3.8, 4) is 0 Å². The molecule has 0 saturated heterocycles. The number of nitrogens with two attached hydrogens (primary N) is 1. The fraction of sp³-hybridized carbons (Fsp3) is 0.400. The van der Waals surface area contributed by atoms with E-state index in [0.29, 0.717) is 0 Å². The van der Waals surface area contributed by atoms with E-state index in [1.54, 1.807) is 17.8 Å². The summed E-state index contributed by atoms with van der Waals surface area (Å²) >= 11 is 7.26. The van der Waals surface area contributed by atoms with E-state index in [-0.39, 0.29) is 16.9 Å². The molecule has 1 rings (SSSR count). The highest BCUT2D eigenvalue weighted by atomic mass is 35.5. The van der Waals surface area contributed by atoms with Gasteiger partial charge < -0.3 is 5.73 Å². The van der Waals surface area contributed by atoms with Gasteiger partial charge in [-0.3, -0.25) is 0 Å². The molecule has 0 aliphatic carbocycles. The van der Waals surface area contributed by atoms with Gasteiger partial charge in [0, 0.05) is 17.5 Å². The fourth-order valence-corrected chi connectivity index (χ4v) is 2.01. The minimum absolute atomic E-state index is 0.172. The van der Waals surface area contributed by atoms with Gasteiger partial charge in [-0.2, -0.15) is 11.8 Å². The van der Waals surface area contributed by atoms with Crippen LogP contribution < -0.4 is 5.73 Å². The monoisotopic (exact) mass is 233 g/mol. The highest BCUT2D eigenvalue weighted by Crippen LogP contribution is 2.19. The van der Waals surface area contributed by atoms with Gasteiger partial charge in [-0.25, -0.2) is 4.39 Å². The third-order valence-electron chi connectivity index (χ3n) is 1.63. The SMILES string of the molecule is CC(N)CSCc1ccc(Cl)c(F)c1. The van der Waals surface area contributed by atoms with Crippen LogP contribution in [0.4, 0.5) is 4.39 Å². The maximum absolute atomic E-state index is 13.0. The summed E-state index contributed by atoms with van der Waals surface area (Å²) in [4.78, 5) is 0. The normalized spacial score (nSPS) is 12.9. The number of rotatable bonds is 4. The molecule has 1 aromatic rings. The Morgan fingerprint density at radius 2 is 2.29 bits per heavy atom. The average molecular weight is 234 g/mol. The lowest BCUT2D eigenvalue weighted by atomic mass is 10.2. The molecule has 0 aliphatic heterocycles. The van der Waals surface area contributed by atoms with Crippen LogP contribution in [0.1, 0.15) is 12.5 Å². The Kier molecular flexibility index (Phi) is 4.72. The molecule has 4 heteroatoms. The van der Waals surface area contributed by atoms with Crippen molar-refractivity contribution >= 4 is 23.4 Å². The van der Waals surface area contributed by atoms with Crippen LogP contribution in [0.5, 0.6) is 0 Å². The molecule has 0 aliphatic rings. The Balaban J connectivity index is 2.47. The molecule has 14 heavy (non-hydrogen) atoms. The van der Waals surface area contributed by atoms with Gasteiger partial charge in [0.1, 0.15) is 5.82 Å². The Morgan fingerprint density at radius 3 is 2.86 bits per heavy atom. The van der Waals surface area contributed by atoms with Crippen molar-refractivity contribution in [1.82, 2.24) is 0 Å². The van der Waals surface area contributed by atoms with E-state index in [4.69, 9.17) is 17.3 Å². The predicted octanol–water partition coefficient (Wildman–Crippen LogP) is 3.06. The molecule has 1 aromatic carbocycles. The zero-order chi connectivity index (χ0) is 10.6. The molecule has 2 N–H and O–H groups in total. The summed E-state index contributed by atoms with van der Waals surface area (Å²) in [6.07, 6.45) is 0. The minimum atomic E-state index is -0.356. The molecule has 0 saturated carbocycles. The Labute approximate surface area is 92.8 Å². The molecular formula is C10H13ClFNS. The number of hydrogen-bond acceptors (Lipinski definition) is 2. The molecule has 0 spiro atoms. The summed E-state index contributed by atoms with van der Waals surface area (Å²) < 4.78 is 13.0. The van der Waals surface area contributed by atoms with Crippen molar-refractivity contribution < 1.29 is 4.39 Å². The Hall–Kier alpha value is -0.250. The maximum atomic E-state index is 13.0. The lowest BCUT2D eigenvalue weighted by Gasteiger charge is -2.05. The molecule has 0 heterocycles. The third kappa shape index (κ3) is 3.86. The molecular weight excluding hydrogens is 221 g/mol. The molecule has 1 unspecified atom stereocenters. The van der Waals surface area contributed by atoms with Crippen LogP contribution in [0.2, 0.25) is 5.02 Å². The first-order valence-electron chi connectivity index (χ1n) is 4.37. The first-order chi connectivity index (χ1) is 6.59. The minimum Gasteiger partial charge on any atom is -0.327 e. The highest BCUT2D eigenvalue weighted by molar-refractivity contribution is 7.98. The molecule has 0 aromatic heterocycles. The lowest BCUT2D eigenvalue weighted by molar-refractivity contribution is 0.627. The molecule has 0 bridgehead atoms. The average Bonchev–Trinajstić information content (AvgIpc) is 2.10. The third-order valence-corrected chi connectivity index (χ3v) is 3.24. The second kappa shape index (κ2) is 5.59. The summed E-state index contributed by atoms with van der Waals surface area (Å²) in [5.41, 5.74) is 6.54. The highest BCUT2D eigenvalue weighted by Gasteiger charge is 2.01. The molecule has 1 atom stereocenters. The largest absolute Gasteiger partial charge is 0.327 e. The van der Waals surface area contributed by atoms with Gasteiger partial charge >= 0.3 is 0 Å². The standard InChI is InChI=1S/C10H13ClFNS/c1-7(13)5-14-6-8-2-3-9(11)10(12)4-8/h2-4,7H,5-6,13H2,1H3. The quantitative estimate of drug-likeness (QED) is 0.865.